The maximum Gasteiger partial charge on any atom is 0.339 e. The molecule has 0 aliphatic carbocycles. The summed E-state index contributed by atoms with van der Waals surface area (Å²) >= 11 is 0. The van der Waals surface area contributed by atoms with Gasteiger partial charge in [0.1, 0.15) is 0 Å². The zero-order valence-electron chi connectivity index (χ0n) is 12.1. The predicted molar refractivity (Wildman–Crippen MR) is 79.2 cm³/mol. The highest BCUT2D eigenvalue weighted by atomic mass is 16.5. The lowest BCUT2D eigenvalue weighted by Gasteiger charge is -2.23. The molecule has 1 amide bonds. The van der Waals surface area contributed by atoms with Crippen LogP contribution in [0, 0.1) is 0 Å². The number of carbonyl (C=O) groups excluding carboxylic acids is 2. The molecule has 3 rings (SSSR count). The smallest absolute Gasteiger partial charge is 0.339 e. The molecule has 1 unspecified atom stereocenters. The van der Waals surface area contributed by atoms with Gasteiger partial charge in [-0.15, -0.1) is 0 Å². The van der Waals surface area contributed by atoms with Crippen LogP contribution < -0.4 is 5.32 Å². The molecule has 0 spiro atoms. The summed E-state index contributed by atoms with van der Waals surface area (Å²) < 4.78 is 7.02. The van der Waals surface area contributed by atoms with Gasteiger partial charge in [0.2, 0.25) is 0 Å². The number of nitrogens with zero attached hydrogens (tertiary/aromatic N) is 2. The first-order chi connectivity index (χ1) is 10.7. The van der Waals surface area contributed by atoms with Crippen LogP contribution >= 0.6 is 0 Å². The number of ether oxygens (including phenoxy) is 1. The Bertz CT molecular complexity index is 667. The molecule has 1 aromatic carbocycles. The highest BCUT2D eigenvalue weighted by molar-refractivity contribution is 5.95. The SMILES string of the molecule is O=C1OC(C(=O)NCCCn2cccn2)Cc2ccccc21. The van der Waals surface area contributed by atoms with Gasteiger partial charge >= 0.3 is 5.97 Å². The third-order valence-electron chi connectivity index (χ3n) is 3.61. The van der Waals surface area contributed by atoms with Gasteiger partial charge in [0.25, 0.3) is 5.91 Å². The van der Waals surface area contributed by atoms with E-state index in [1.807, 2.05) is 29.1 Å². The maximum absolute atomic E-state index is 12.1. The molecular formula is C16H17N3O3. The van der Waals surface area contributed by atoms with Crippen molar-refractivity contribution >= 4 is 11.9 Å². The Balaban J connectivity index is 1.50. The van der Waals surface area contributed by atoms with Gasteiger partial charge in [-0.05, 0) is 24.1 Å². The molecule has 0 radical (unpaired) electrons. The van der Waals surface area contributed by atoms with E-state index in [1.54, 1.807) is 18.3 Å². The normalized spacial score (nSPS) is 16.7. The minimum Gasteiger partial charge on any atom is -0.448 e. The van der Waals surface area contributed by atoms with Crippen LogP contribution in [0.5, 0.6) is 0 Å². The number of hydrogen-bond acceptors (Lipinski definition) is 4. The molecule has 2 heterocycles. The number of amides is 1. The van der Waals surface area contributed by atoms with E-state index >= 15 is 0 Å². The minimum absolute atomic E-state index is 0.247. The highest BCUT2D eigenvalue weighted by Gasteiger charge is 2.30. The fourth-order valence-electron chi connectivity index (χ4n) is 2.48. The van der Waals surface area contributed by atoms with E-state index < -0.39 is 12.1 Å². The van der Waals surface area contributed by atoms with Crippen LogP contribution in [-0.4, -0.2) is 34.3 Å². The summed E-state index contributed by atoms with van der Waals surface area (Å²) in [4.78, 5) is 24.0. The highest BCUT2D eigenvalue weighted by Crippen LogP contribution is 2.20. The lowest BCUT2D eigenvalue weighted by molar-refractivity contribution is -0.130. The van der Waals surface area contributed by atoms with Gasteiger partial charge in [-0.1, -0.05) is 18.2 Å². The van der Waals surface area contributed by atoms with Crippen molar-refractivity contribution < 1.29 is 14.3 Å². The quantitative estimate of drug-likeness (QED) is 0.664. The Morgan fingerprint density at radius 3 is 3.05 bits per heavy atom. The lowest BCUT2D eigenvalue weighted by atomic mass is 9.98. The Labute approximate surface area is 128 Å². The second-order valence-corrected chi connectivity index (χ2v) is 5.17. The summed E-state index contributed by atoms with van der Waals surface area (Å²) in [5.74, 6) is -0.679. The summed E-state index contributed by atoms with van der Waals surface area (Å²) in [6.45, 7) is 1.26. The number of benzene rings is 1. The summed E-state index contributed by atoms with van der Waals surface area (Å²) in [6, 6.07) is 9.08. The standard InChI is InChI=1S/C16H17N3O3/c20-15(17-7-3-9-19-10-4-8-18-19)14-11-12-5-1-2-6-13(12)16(21)22-14/h1-2,4-6,8,10,14H,3,7,9,11H2,(H,17,20). The van der Waals surface area contributed by atoms with Crippen LogP contribution in [0.25, 0.3) is 0 Å². The summed E-state index contributed by atoms with van der Waals surface area (Å²) in [7, 11) is 0. The van der Waals surface area contributed by atoms with E-state index in [1.165, 1.54) is 0 Å². The first-order valence-electron chi connectivity index (χ1n) is 7.28. The number of esters is 1. The fraction of sp³-hybridized carbons (Fsp3) is 0.312. The van der Waals surface area contributed by atoms with Crippen molar-refractivity contribution in [2.75, 3.05) is 6.54 Å². The van der Waals surface area contributed by atoms with Gasteiger partial charge < -0.3 is 10.1 Å². The summed E-state index contributed by atoms with van der Waals surface area (Å²) in [5.41, 5.74) is 1.40. The second kappa shape index (κ2) is 6.43. The fourth-order valence-corrected chi connectivity index (χ4v) is 2.48. The van der Waals surface area contributed by atoms with E-state index in [-0.39, 0.29) is 5.91 Å². The third-order valence-corrected chi connectivity index (χ3v) is 3.61. The van der Waals surface area contributed by atoms with Crippen LogP contribution in [0.15, 0.2) is 42.7 Å². The molecule has 1 atom stereocenters. The van der Waals surface area contributed by atoms with E-state index in [4.69, 9.17) is 4.74 Å². The minimum atomic E-state index is -0.743. The molecule has 22 heavy (non-hydrogen) atoms. The van der Waals surface area contributed by atoms with Crippen molar-refractivity contribution in [3.05, 3.63) is 53.9 Å². The molecule has 2 aromatic rings. The number of aryl methyl sites for hydroxylation is 1. The van der Waals surface area contributed by atoms with Crippen molar-refractivity contribution in [2.45, 2.75) is 25.5 Å². The van der Waals surface area contributed by atoms with Crippen molar-refractivity contribution in [3.63, 3.8) is 0 Å². The molecule has 1 aliphatic rings. The average Bonchev–Trinajstić information content (AvgIpc) is 3.04. The zero-order chi connectivity index (χ0) is 15.4. The molecule has 6 nitrogen and oxygen atoms in total. The molecule has 0 fully saturated rings. The van der Waals surface area contributed by atoms with Crippen LogP contribution in [0.3, 0.4) is 0 Å². The van der Waals surface area contributed by atoms with Crippen LogP contribution in [-0.2, 0) is 22.5 Å². The number of hydrogen-bond donors (Lipinski definition) is 1. The molecule has 6 heteroatoms. The number of cyclic esters (lactones) is 1. The second-order valence-electron chi connectivity index (χ2n) is 5.17. The number of fused-ring (bicyclic) bond motifs is 1. The molecule has 1 aromatic heterocycles. The lowest BCUT2D eigenvalue weighted by Crippen LogP contribution is -2.42. The van der Waals surface area contributed by atoms with Gasteiger partial charge in [-0.2, -0.15) is 5.10 Å². The Morgan fingerprint density at radius 2 is 2.23 bits per heavy atom. The number of rotatable bonds is 5. The van der Waals surface area contributed by atoms with Gasteiger partial charge in [0.15, 0.2) is 6.10 Å². The van der Waals surface area contributed by atoms with Gasteiger partial charge in [-0.3, -0.25) is 9.48 Å². The van der Waals surface area contributed by atoms with Crippen LogP contribution in [0.4, 0.5) is 0 Å². The predicted octanol–water partition coefficient (Wildman–Crippen LogP) is 1.17. The van der Waals surface area contributed by atoms with Crippen molar-refractivity contribution in [2.24, 2.45) is 0 Å². The van der Waals surface area contributed by atoms with E-state index in [9.17, 15) is 9.59 Å². The molecule has 1 aliphatic heterocycles. The van der Waals surface area contributed by atoms with E-state index in [0.717, 1.165) is 18.5 Å². The Morgan fingerprint density at radius 1 is 1.36 bits per heavy atom. The summed E-state index contributed by atoms with van der Waals surface area (Å²) in [5, 5.41) is 6.90. The van der Waals surface area contributed by atoms with Crippen LogP contribution in [0.1, 0.15) is 22.3 Å². The Hall–Kier alpha value is -2.63. The largest absolute Gasteiger partial charge is 0.448 e. The molecule has 0 saturated heterocycles. The van der Waals surface area contributed by atoms with Crippen molar-refractivity contribution in [1.29, 1.82) is 0 Å². The van der Waals surface area contributed by atoms with Crippen LogP contribution in [0.2, 0.25) is 0 Å². The molecule has 1 N–H and O–H groups in total. The molecule has 0 saturated carbocycles. The van der Waals surface area contributed by atoms with E-state index in [0.29, 0.717) is 18.5 Å². The topological polar surface area (TPSA) is 73.2 Å². The number of aromatic nitrogens is 2. The first kappa shape index (κ1) is 14.3. The van der Waals surface area contributed by atoms with Crippen molar-refractivity contribution in [3.8, 4) is 0 Å². The van der Waals surface area contributed by atoms with Crippen molar-refractivity contribution in [1.82, 2.24) is 15.1 Å². The van der Waals surface area contributed by atoms with Gasteiger partial charge in [0.05, 0.1) is 5.56 Å². The third kappa shape index (κ3) is 3.16. The maximum atomic E-state index is 12.1. The van der Waals surface area contributed by atoms with E-state index in [2.05, 4.69) is 10.4 Å². The van der Waals surface area contributed by atoms with Gasteiger partial charge in [-0.25, -0.2) is 4.79 Å². The monoisotopic (exact) mass is 299 g/mol. The molecule has 0 bridgehead atoms. The first-order valence-corrected chi connectivity index (χ1v) is 7.28. The zero-order valence-corrected chi connectivity index (χ0v) is 12.1. The van der Waals surface area contributed by atoms with Gasteiger partial charge in [0, 0.05) is 31.9 Å². The number of carbonyl (C=O) groups is 2. The number of nitrogens with one attached hydrogen (secondary N) is 1. The Kier molecular flexibility index (Phi) is 4.18. The average molecular weight is 299 g/mol. The summed E-state index contributed by atoms with van der Waals surface area (Å²) in [6.07, 6.45) is 4.05. The molecule has 114 valence electrons. The molecular weight excluding hydrogens is 282 g/mol.